The minimum absolute atomic E-state index is 0.157. The van der Waals surface area contributed by atoms with Gasteiger partial charge in [-0.25, -0.2) is 0 Å². The molecule has 0 aromatic heterocycles. The van der Waals surface area contributed by atoms with Crippen LogP contribution in [-0.4, -0.2) is 11.9 Å². The van der Waals surface area contributed by atoms with Crippen molar-refractivity contribution in [3.63, 3.8) is 0 Å². The maximum absolute atomic E-state index is 11.9. The first-order valence-electron chi connectivity index (χ1n) is 5.54. The molecule has 0 spiro atoms. The summed E-state index contributed by atoms with van der Waals surface area (Å²) in [6.07, 6.45) is 0. The van der Waals surface area contributed by atoms with Gasteiger partial charge in [0.2, 0.25) is 5.91 Å². The van der Waals surface area contributed by atoms with E-state index in [1.54, 1.807) is 0 Å². The molecule has 0 aliphatic heterocycles. The molecular formula is C13H19BrN2O. The van der Waals surface area contributed by atoms with Crippen molar-refractivity contribution in [2.75, 3.05) is 5.32 Å². The third-order valence-corrected chi connectivity index (χ3v) is 2.98. The Labute approximate surface area is 111 Å². The van der Waals surface area contributed by atoms with Gasteiger partial charge in [-0.1, -0.05) is 36.7 Å². The van der Waals surface area contributed by atoms with Gasteiger partial charge >= 0.3 is 0 Å². The molecule has 3 N–H and O–H groups in total. The number of benzene rings is 1. The van der Waals surface area contributed by atoms with E-state index in [4.69, 9.17) is 5.73 Å². The highest BCUT2D eigenvalue weighted by Gasteiger charge is 2.27. The molecule has 0 aliphatic rings. The highest BCUT2D eigenvalue weighted by molar-refractivity contribution is 9.10. The molecule has 0 radical (unpaired) electrons. The quantitative estimate of drug-likeness (QED) is 0.881. The molecule has 1 aromatic rings. The Morgan fingerprint density at radius 1 is 1.35 bits per heavy atom. The lowest BCUT2D eigenvalue weighted by molar-refractivity contribution is -0.119. The van der Waals surface area contributed by atoms with Gasteiger partial charge in [0.25, 0.3) is 0 Å². The van der Waals surface area contributed by atoms with Crippen molar-refractivity contribution >= 4 is 27.5 Å². The molecule has 3 nitrogen and oxygen atoms in total. The van der Waals surface area contributed by atoms with Gasteiger partial charge in [-0.3, -0.25) is 4.79 Å². The minimum Gasteiger partial charge on any atom is -0.325 e. The SMILES string of the molecule is Cc1cc(Br)cc(NC(=O)C(N)C(C)(C)C)c1. The molecule has 1 aromatic carbocycles. The lowest BCUT2D eigenvalue weighted by Gasteiger charge is -2.25. The third-order valence-electron chi connectivity index (χ3n) is 2.53. The maximum atomic E-state index is 11.9. The monoisotopic (exact) mass is 298 g/mol. The first-order valence-corrected chi connectivity index (χ1v) is 6.33. The number of rotatable bonds is 2. The number of hydrogen-bond donors (Lipinski definition) is 2. The van der Waals surface area contributed by atoms with Crippen molar-refractivity contribution in [3.05, 3.63) is 28.2 Å². The number of halogens is 1. The number of carbonyl (C=O) groups is 1. The average molecular weight is 299 g/mol. The number of nitrogens with one attached hydrogen (secondary N) is 1. The van der Waals surface area contributed by atoms with Crippen LogP contribution in [0.4, 0.5) is 5.69 Å². The Balaban J connectivity index is 2.81. The largest absolute Gasteiger partial charge is 0.325 e. The second kappa shape index (κ2) is 5.19. The van der Waals surface area contributed by atoms with Crippen molar-refractivity contribution < 1.29 is 4.79 Å². The van der Waals surface area contributed by atoms with E-state index in [1.165, 1.54) is 0 Å². The van der Waals surface area contributed by atoms with E-state index in [-0.39, 0.29) is 11.3 Å². The Hall–Kier alpha value is -0.870. The van der Waals surface area contributed by atoms with Crippen molar-refractivity contribution in [3.8, 4) is 0 Å². The zero-order chi connectivity index (χ0) is 13.2. The molecule has 0 bridgehead atoms. The van der Waals surface area contributed by atoms with Crippen LogP contribution in [0.5, 0.6) is 0 Å². The van der Waals surface area contributed by atoms with Gasteiger partial charge in [0, 0.05) is 10.2 Å². The summed E-state index contributed by atoms with van der Waals surface area (Å²) in [6, 6.07) is 5.24. The van der Waals surface area contributed by atoms with E-state index in [1.807, 2.05) is 45.9 Å². The highest BCUT2D eigenvalue weighted by Crippen LogP contribution is 2.22. The number of anilines is 1. The van der Waals surface area contributed by atoms with E-state index in [2.05, 4.69) is 21.2 Å². The molecular weight excluding hydrogens is 280 g/mol. The van der Waals surface area contributed by atoms with Gasteiger partial charge in [0.05, 0.1) is 6.04 Å². The van der Waals surface area contributed by atoms with Crippen molar-refractivity contribution in [1.82, 2.24) is 0 Å². The molecule has 4 heteroatoms. The molecule has 0 saturated heterocycles. The first-order chi connectivity index (χ1) is 7.70. The van der Waals surface area contributed by atoms with Crippen LogP contribution in [0, 0.1) is 12.3 Å². The number of carbonyl (C=O) groups excluding carboxylic acids is 1. The van der Waals surface area contributed by atoms with Crippen molar-refractivity contribution in [2.24, 2.45) is 11.1 Å². The van der Waals surface area contributed by atoms with Crippen molar-refractivity contribution in [2.45, 2.75) is 33.7 Å². The summed E-state index contributed by atoms with van der Waals surface area (Å²) in [6.45, 7) is 7.82. The fraction of sp³-hybridized carbons (Fsp3) is 0.462. The van der Waals surface area contributed by atoms with E-state index in [9.17, 15) is 4.79 Å². The Bertz CT molecular complexity index is 404. The van der Waals surface area contributed by atoms with Crippen LogP contribution in [0.2, 0.25) is 0 Å². The zero-order valence-corrected chi connectivity index (χ0v) is 12.3. The second-order valence-electron chi connectivity index (χ2n) is 5.35. The summed E-state index contributed by atoms with van der Waals surface area (Å²) in [5, 5.41) is 2.84. The molecule has 0 fully saturated rings. The topological polar surface area (TPSA) is 55.1 Å². The van der Waals surface area contributed by atoms with E-state index < -0.39 is 6.04 Å². The molecule has 1 atom stereocenters. The first kappa shape index (κ1) is 14.2. The summed E-state index contributed by atoms with van der Waals surface area (Å²) in [5.74, 6) is -0.157. The van der Waals surface area contributed by atoms with E-state index >= 15 is 0 Å². The molecule has 1 unspecified atom stereocenters. The normalized spacial score (nSPS) is 13.3. The predicted molar refractivity (Wildman–Crippen MR) is 74.9 cm³/mol. The highest BCUT2D eigenvalue weighted by atomic mass is 79.9. The summed E-state index contributed by atoms with van der Waals surface area (Å²) < 4.78 is 0.942. The van der Waals surface area contributed by atoms with Crippen LogP contribution < -0.4 is 11.1 Å². The van der Waals surface area contributed by atoms with Gasteiger partial charge in [-0.05, 0) is 36.1 Å². The molecule has 0 heterocycles. The summed E-state index contributed by atoms with van der Waals surface area (Å²) in [5.41, 5.74) is 7.50. The van der Waals surface area contributed by atoms with Gasteiger partial charge in [-0.15, -0.1) is 0 Å². The van der Waals surface area contributed by atoms with Crippen LogP contribution in [0.15, 0.2) is 22.7 Å². The Morgan fingerprint density at radius 2 is 1.94 bits per heavy atom. The standard InChI is InChI=1S/C13H19BrN2O/c1-8-5-9(14)7-10(6-8)16-12(17)11(15)13(2,3)4/h5-7,11H,15H2,1-4H3,(H,16,17). The lowest BCUT2D eigenvalue weighted by atomic mass is 9.87. The number of nitrogens with two attached hydrogens (primary N) is 1. The van der Waals surface area contributed by atoms with Crippen molar-refractivity contribution in [1.29, 1.82) is 0 Å². The summed E-state index contributed by atoms with van der Waals surface area (Å²) in [4.78, 5) is 11.9. The van der Waals surface area contributed by atoms with Gasteiger partial charge in [-0.2, -0.15) is 0 Å². The third kappa shape index (κ3) is 4.13. The molecule has 1 rings (SSSR count). The number of hydrogen-bond acceptors (Lipinski definition) is 2. The minimum atomic E-state index is -0.526. The number of amides is 1. The fourth-order valence-electron chi connectivity index (χ4n) is 1.42. The summed E-state index contributed by atoms with van der Waals surface area (Å²) >= 11 is 3.40. The van der Waals surface area contributed by atoms with Gasteiger partial charge < -0.3 is 11.1 Å². The Kier molecular flexibility index (Phi) is 4.33. The van der Waals surface area contributed by atoms with Crippen LogP contribution in [0.3, 0.4) is 0 Å². The predicted octanol–water partition coefficient (Wildman–Crippen LogP) is 3.07. The second-order valence-corrected chi connectivity index (χ2v) is 6.27. The van der Waals surface area contributed by atoms with E-state index in [0.717, 1.165) is 15.7 Å². The van der Waals surface area contributed by atoms with E-state index in [0.29, 0.717) is 0 Å². The van der Waals surface area contributed by atoms with Crippen LogP contribution >= 0.6 is 15.9 Å². The average Bonchev–Trinajstić information content (AvgIpc) is 2.13. The lowest BCUT2D eigenvalue weighted by Crippen LogP contribution is -2.45. The van der Waals surface area contributed by atoms with Crippen LogP contribution in [0.25, 0.3) is 0 Å². The number of aryl methyl sites for hydroxylation is 1. The fourth-order valence-corrected chi connectivity index (χ4v) is 2.03. The molecule has 0 saturated carbocycles. The maximum Gasteiger partial charge on any atom is 0.241 e. The zero-order valence-electron chi connectivity index (χ0n) is 10.7. The van der Waals surface area contributed by atoms with Gasteiger partial charge in [0.1, 0.15) is 0 Å². The van der Waals surface area contributed by atoms with Crippen LogP contribution in [0.1, 0.15) is 26.3 Å². The Morgan fingerprint density at radius 3 is 2.41 bits per heavy atom. The molecule has 1 amide bonds. The molecule has 17 heavy (non-hydrogen) atoms. The smallest absolute Gasteiger partial charge is 0.241 e. The van der Waals surface area contributed by atoms with Gasteiger partial charge in [0.15, 0.2) is 0 Å². The molecule has 94 valence electrons. The van der Waals surface area contributed by atoms with Crippen LogP contribution in [-0.2, 0) is 4.79 Å². The molecule has 0 aliphatic carbocycles. The summed E-state index contributed by atoms with van der Waals surface area (Å²) in [7, 11) is 0.